The van der Waals surface area contributed by atoms with E-state index in [0.29, 0.717) is 29.3 Å². The lowest BCUT2D eigenvalue weighted by atomic mass is 10.0. The molecule has 0 aliphatic carbocycles. The number of hydrogen-bond donors (Lipinski definition) is 1. The van der Waals surface area contributed by atoms with Gasteiger partial charge >= 0.3 is 0 Å². The van der Waals surface area contributed by atoms with Gasteiger partial charge in [0, 0.05) is 30.6 Å². The Morgan fingerprint density at radius 2 is 1.53 bits per heavy atom. The number of sulfonamides is 1. The van der Waals surface area contributed by atoms with Crippen molar-refractivity contribution in [1.82, 2.24) is 10.2 Å². The van der Waals surface area contributed by atoms with Gasteiger partial charge in [-0.25, -0.2) is 12.8 Å². The SMILES string of the molecule is CCCNC(=O)C(Cc1ccccc1)N(Cc1ccc(F)cc1)C(=O)CN(c1ccc(Cl)cc1)S(=O)(=O)c1ccc(OC)c(OC)c1. The van der Waals surface area contributed by atoms with Crippen LogP contribution >= 0.6 is 11.6 Å². The van der Waals surface area contributed by atoms with Gasteiger partial charge in [-0.15, -0.1) is 0 Å². The lowest BCUT2D eigenvalue weighted by Gasteiger charge is -2.34. The summed E-state index contributed by atoms with van der Waals surface area (Å²) in [4.78, 5) is 29.4. The highest BCUT2D eigenvalue weighted by Gasteiger charge is 2.35. The second-order valence-electron chi connectivity index (χ2n) is 10.6. The van der Waals surface area contributed by atoms with E-state index >= 15 is 0 Å². The third-order valence-corrected chi connectivity index (χ3v) is 9.44. The van der Waals surface area contributed by atoms with Gasteiger partial charge < -0.3 is 19.7 Å². The minimum absolute atomic E-state index is 0.0823. The summed E-state index contributed by atoms with van der Waals surface area (Å²) in [5, 5.41) is 3.26. The van der Waals surface area contributed by atoms with Crippen molar-refractivity contribution >= 4 is 39.1 Å². The number of rotatable bonds is 15. The van der Waals surface area contributed by atoms with Gasteiger partial charge in [0.1, 0.15) is 18.4 Å². The maximum atomic E-state index is 14.5. The second kappa shape index (κ2) is 16.3. The van der Waals surface area contributed by atoms with E-state index in [1.807, 2.05) is 37.3 Å². The predicted octanol–water partition coefficient (Wildman–Crippen LogP) is 5.86. The predicted molar refractivity (Wildman–Crippen MR) is 180 cm³/mol. The van der Waals surface area contributed by atoms with E-state index in [-0.39, 0.29) is 29.3 Å². The third-order valence-electron chi connectivity index (χ3n) is 7.42. The first kappa shape index (κ1) is 35.2. The number of amides is 2. The van der Waals surface area contributed by atoms with Crippen LogP contribution < -0.4 is 19.1 Å². The molecule has 0 heterocycles. The largest absolute Gasteiger partial charge is 0.493 e. The molecule has 1 unspecified atom stereocenters. The molecule has 0 spiro atoms. The standard InChI is InChI=1S/C35H37ClFN3O6S/c1-4-20-38-35(42)31(21-25-8-6-5-7-9-25)39(23-26-10-14-28(37)15-11-26)34(41)24-40(29-16-12-27(36)13-17-29)47(43,44)30-18-19-32(45-2)33(22-30)46-3/h5-19,22,31H,4,20-21,23-24H2,1-3H3,(H,38,42). The Morgan fingerprint density at radius 3 is 2.15 bits per heavy atom. The number of carbonyl (C=O) groups excluding carboxylic acids is 2. The van der Waals surface area contributed by atoms with Gasteiger partial charge in [0.05, 0.1) is 24.8 Å². The van der Waals surface area contributed by atoms with Crippen molar-refractivity contribution in [2.24, 2.45) is 0 Å². The summed E-state index contributed by atoms with van der Waals surface area (Å²) in [5.74, 6) is -0.992. The van der Waals surface area contributed by atoms with Gasteiger partial charge in [-0.3, -0.25) is 13.9 Å². The Hall–Kier alpha value is -4.61. The van der Waals surface area contributed by atoms with Gasteiger partial charge in [0.15, 0.2) is 11.5 Å². The van der Waals surface area contributed by atoms with Crippen molar-refractivity contribution in [2.45, 2.75) is 37.2 Å². The van der Waals surface area contributed by atoms with Crippen molar-refractivity contribution in [3.8, 4) is 11.5 Å². The number of carbonyl (C=O) groups is 2. The molecule has 0 fully saturated rings. The Kier molecular flexibility index (Phi) is 12.2. The molecule has 0 saturated carbocycles. The van der Waals surface area contributed by atoms with Crippen LogP contribution in [0.4, 0.5) is 10.1 Å². The van der Waals surface area contributed by atoms with Gasteiger partial charge in [-0.05, 0) is 66.1 Å². The molecule has 4 aromatic carbocycles. The molecule has 1 N–H and O–H groups in total. The molecular formula is C35H37ClFN3O6S. The highest BCUT2D eigenvalue weighted by atomic mass is 35.5. The molecule has 12 heteroatoms. The lowest BCUT2D eigenvalue weighted by Crippen LogP contribution is -2.53. The Morgan fingerprint density at radius 1 is 0.872 bits per heavy atom. The zero-order chi connectivity index (χ0) is 34.0. The van der Waals surface area contributed by atoms with Gasteiger partial charge in [-0.1, -0.05) is 61.0 Å². The van der Waals surface area contributed by atoms with Crippen LogP contribution in [-0.4, -0.2) is 58.5 Å². The quantitative estimate of drug-likeness (QED) is 0.169. The highest BCUT2D eigenvalue weighted by molar-refractivity contribution is 7.92. The van der Waals surface area contributed by atoms with Crippen LogP contribution in [0.5, 0.6) is 11.5 Å². The fourth-order valence-electron chi connectivity index (χ4n) is 4.95. The number of anilines is 1. The molecule has 1 atom stereocenters. The molecule has 0 saturated heterocycles. The van der Waals surface area contributed by atoms with Crippen molar-refractivity contribution in [2.75, 3.05) is 31.6 Å². The lowest BCUT2D eigenvalue weighted by molar-refractivity contribution is -0.140. The second-order valence-corrected chi connectivity index (χ2v) is 12.9. The van der Waals surface area contributed by atoms with Gasteiger partial charge in [0.2, 0.25) is 11.8 Å². The van der Waals surface area contributed by atoms with Crippen LogP contribution in [-0.2, 0) is 32.6 Å². The van der Waals surface area contributed by atoms with E-state index in [1.165, 1.54) is 85.8 Å². The van der Waals surface area contributed by atoms with Crippen LogP contribution in [0, 0.1) is 5.82 Å². The molecule has 4 aromatic rings. The molecule has 0 aliphatic heterocycles. The zero-order valence-electron chi connectivity index (χ0n) is 26.4. The molecule has 0 radical (unpaired) electrons. The number of nitrogens with zero attached hydrogens (tertiary/aromatic N) is 2. The monoisotopic (exact) mass is 681 g/mol. The maximum absolute atomic E-state index is 14.5. The zero-order valence-corrected chi connectivity index (χ0v) is 27.9. The Balaban J connectivity index is 1.81. The van der Waals surface area contributed by atoms with E-state index in [0.717, 1.165) is 9.87 Å². The van der Waals surface area contributed by atoms with E-state index in [1.54, 1.807) is 0 Å². The molecule has 47 heavy (non-hydrogen) atoms. The van der Waals surface area contributed by atoms with E-state index in [2.05, 4.69) is 5.32 Å². The number of nitrogens with one attached hydrogen (secondary N) is 1. The molecular weight excluding hydrogens is 645 g/mol. The average Bonchev–Trinajstić information content (AvgIpc) is 3.08. The number of ether oxygens (including phenoxy) is 2. The first-order chi connectivity index (χ1) is 22.6. The van der Waals surface area contributed by atoms with Crippen molar-refractivity contribution in [1.29, 1.82) is 0 Å². The smallest absolute Gasteiger partial charge is 0.264 e. The average molecular weight is 682 g/mol. The minimum Gasteiger partial charge on any atom is -0.493 e. The Labute approximate surface area is 279 Å². The third kappa shape index (κ3) is 9.02. The fraction of sp³-hybridized carbons (Fsp3) is 0.257. The minimum atomic E-state index is -4.39. The molecule has 9 nitrogen and oxygen atoms in total. The van der Waals surface area contributed by atoms with E-state index < -0.39 is 40.2 Å². The van der Waals surface area contributed by atoms with Gasteiger partial charge in [-0.2, -0.15) is 0 Å². The number of methoxy groups -OCH3 is 2. The molecule has 0 aliphatic rings. The van der Waals surface area contributed by atoms with Crippen LogP contribution in [0.15, 0.2) is 102 Å². The highest BCUT2D eigenvalue weighted by Crippen LogP contribution is 2.33. The van der Waals surface area contributed by atoms with Crippen LogP contribution in [0.1, 0.15) is 24.5 Å². The molecule has 4 rings (SSSR count). The van der Waals surface area contributed by atoms with E-state index in [9.17, 15) is 22.4 Å². The van der Waals surface area contributed by atoms with Gasteiger partial charge in [0.25, 0.3) is 10.0 Å². The maximum Gasteiger partial charge on any atom is 0.264 e. The molecule has 248 valence electrons. The Bertz CT molecular complexity index is 1760. The summed E-state index contributed by atoms with van der Waals surface area (Å²) < 4.78 is 54.0. The molecule has 0 bridgehead atoms. The first-order valence-electron chi connectivity index (χ1n) is 14.9. The summed E-state index contributed by atoms with van der Waals surface area (Å²) in [6.45, 7) is 1.55. The number of halogens is 2. The van der Waals surface area contributed by atoms with E-state index in [4.69, 9.17) is 21.1 Å². The summed E-state index contributed by atoms with van der Waals surface area (Å²) >= 11 is 6.13. The fourth-order valence-corrected chi connectivity index (χ4v) is 6.50. The summed E-state index contributed by atoms with van der Waals surface area (Å²) in [5.41, 5.74) is 1.53. The molecule has 0 aromatic heterocycles. The van der Waals surface area contributed by atoms with Crippen molar-refractivity contribution in [3.63, 3.8) is 0 Å². The summed E-state index contributed by atoms with van der Waals surface area (Å²) in [6, 6.07) is 23.9. The van der Waals surface area contributed by atoms with Crippen molar-refractivity contribution in [3.05, 3.63) is 119 Å². The summed E-state index contributed by atoms with van der Waals surface area (Å²) in [7, 11) is -1.57. The number of hydrogen-bond acceptors (Lipinski definition) is 6. The summed E-state index contributed by atoms with van der Waals surface area (Å²) in [6.07, 6.45) is 0.830. The van der Waals surface area contributed by atoms with Crippen LogP contribution in [0.3, 0.4) is 0 Å². The van der Waals surface area contributed by atoms with Crippen LogP contribution in [0.2, 0.25) is 5.02 Å². The first-order valence-corrected chi connectivity index (χ1v) is 16.7. The van der Waals surface area contributed by atoms with Crippen molar-refractivity contribution < 1.29 is 31.9 Å². The van der Waals surface area contributed by atoms with Crippen LogP contribution in [0.25, 0.3) is 0 Å². The molecule has 2 amide bonds. The normalized spacial score (nSPS) is 11.8. The topological polar surface area (TPSA) is 105 Å². The number of benzene rings is 4.